The first-order valence-corrected chi connectivity index (χ1v) is 3.28. The van der Waals surface area contributed by atoms with Crippen LogP contribution in [0.2, 0.25) is 0 Å². The second-order valence-electron chi connectivity index (χ2n) is 2.75. The van der Waals surface area contributed by atoms with Gasteiger partial charge < -0.3 is 14.9 Å². The van der Waals surface area contributed by atoms with Gasteiger partial charge in [-0.1, -0.05) is 12.0 Å². The molecule has 11 heavy (non-hydrogen) atoms. The van der Waals surface area contributed by atoms with E-state index in [9.17, 15) is 5.11 Å². The van der Waals surface area contributed by atoms with Crippen molar-refractivity contribution in [3.05, 3.63) is 18.8 Å². The Bertz CT molecular complexity index is 183. The number of aliphatic hydroxyl groups excluding tert-OH is 2. The molecule has 0 amide bonds. The van der Waals surface area contributed by atoms with Gasteiger partial charge in [0.2, 0.25) is 0 Å². The summed E-state index contributed by atoms with van der Waals surface area (Å²) < 4.78 is 5.09. The number of rotatable bonds is 1. The van der Waals surface area contributed by atoms with Crippen LogP contribution in [0.1, 0.15) is 0 Å². The van der Waals surface area contributed by atoms with Crippen molar-refractivity contribution in [2.24, 2.45) is 5.92 Å². The van der Waals surface area contributed by atoms with Gasteiger partial charge in [-0.25, -0.2) is 6.61 Å². The molecular weight excluding hydrogens is 370 g/mol. The van der Waals surface area contributed by atoms with Gasteiger partial charge in [0.15, 0.2) is 0 Å². The summed E-state index contributed by atoms with van der Waals surface area (Å²) in [6.07, 6.45) is 2.99. The van der Waals surface area contributed by atoms with Crippen LogP contribution in [0, 0.1) is 43.6 Å². The van der Waals surface area contributed by atoms with E-state index in [0.717, 1.165) is 0 Å². The SMILES string of the molecule is OCC12C=CC([CH-]O1)C2O.[U]. The Morgan fingerprint density at radius 3 is 2.55 bits per heavy atom. The molecule has 1 fully saturated rings. The third kappa shape index (κ3) is 1.22. The Kier molecular flexibility index (Phi) is 2.84. The Hall–Kier alpha value is 0.672. The van der Waals surface area contributed by atoms with E-state index in [1.165, 1.54) is 0 Å². The van der Waals surface area contributed by atoms with Gasteiger partial charge in [0.1, 0.15) is 5.60 Å². The predicted octanol–water partition coefficient (Wildman–Crippen LogP) is -0.544. The number of aliphatic hydroxyl groups is 2. The van der Waals surface area contributed by atoms with Crippen LogP contribution >= 0.6 is 0 Å². The molecule has 1 heterocycles. The van der Waals surface area contributed by atoms with Crippen molar-refractivity contribution in [3.8, 4) is 0 Å². The summed E-state index contributed by atoms with van der Waals surface area (Å²) >= 11 is 0. The second kappa shape index (κ2) is 3.20. The third-order valence-electron chi connectivity index (χ3n) is 2.16. The number of hydrogen-bond acceptors (Lipinski definition) is 3. The molecule has 0 aromatic rings. The van der Waals surface area contributed by atoms with Gasteiger partial charge in [-0.05, 0) is 0 Å². The van der Waals surface area contributed by atoms with Gasteiger partial charge >= 0.3 is 0 Å². The molecule has 0 saturated carbocycles. The number of hydrogen-bond donors (Lipinski definition) is 2. The van der Waals surface area contributed by atoms with Crippen LogP contribution in [0.5, 0.6) is 0 Å². The second-order valence-corrected chi connectivity index (χ2v) is 2.75. The molecule has 3 nitrogen and oxygen atoms in total. The average molecular weight is 379 g/mol. The Balaban J connectivity index is 0.000000605. The van der Waals surface area contributed by atoms with E-state index >= 15 is 0 Å². The van der Waals surface area contributed by atoms with Crippen LogP contribution < -0.4 is 0 Å². The van der Waals surface area contributed by atoms with E-state index in [1.54, 1.807) is 12.7 Å². The molecule has 2 N–H and O–H groups in total. The molecule has 2 aliphatic rings. The minimum atomic E-state index is -0.815. The topological polar surface area (TPSA) is 49.7 Å². The molecule has 0 spiro atoms. The quantitative estimate of drug-likeness (QED) is 0.475. The van der Waals surface area contributed by atoms with Crippen LogP contribution in [-0.2, 0) is 4.74 Å². The fourth-order valence-electron chi connectivity index (χ4n) is 1.42. The zero-order chi connectivity index (χ0) is 7.19. The minimum Gasteiger partial charge on any atom is -0.540 e. The van der Waals surface area contributed by atoms with Gasteiger partial charge in [-0.3, -0.25) is 0 Å². The minimum absolute atomic E-state index is 0. The van der Waals surface area contributed by atoms with Crippen LogP contribution in [0.3, 0.4) is 0 Å². The summed E-state index contributed by atoms with van der Waals surface area (Å²) in [5, 5.41) is 18.3. The number of ether oxygens (including phenoxy) is 1. The molecule has 0 aromatic heterocycles. The van der Waals surface area contributed by atoms with Crippen molar-refractivity contribution in [2.45, 2.75) is 11.7 Å². The first-order valence-electron chi connectivity index (χ1n) is 3.28. The molecule has 2 bridgehead atoms. The zero-order valence-electron chi connectivity index (χ0n) is 5.90. The van der Waals surface area contributed by atoms with Gasteiger partial charge in [0.05, 0.1) is 12.7 Å². The fourth-order valence-corrected chi connectivity index (χ4v) is 1.42. The van der Waals surface area contributed by atoms with Crippen LogP contribution in [0.25, 0.3) is 0 Å². The first-order chi connectivity index (χ1) is 4.78. The molecule has 1 aliphatic carbocycles. The maximum atomic E-state index is 9.40. The molecule has 3 atom stereocenters. The standard InChI is InChI=1S/C7H9O3.U/c8-4-7-2-1-5(3-10-7)6(7)9;/h1-3,5-6,8-9H,4H2;/q-1;. The molecule has 3 unspecified atom stereocenters. The normalized spacial score (nSPS) is 46.0. The molecule has 1 saturated heterocycles. The summed E-state index contributed by atoms with van der Waals surface area (Å²) in [5.74, 6) is -0.0212. The van der Waals surface area contributed by atoms with E-state index in [0.29, 0.717) is 0 Å². The van der Waals surface area contributed by atoms with Crippen molar-refractivity contribution < 1.29 is 46.1 Å². The summed E-state index contributed by atoms with van der Waals surface area (Å²) in [6, 6.07) is 0. The first kappa shape index (κ1) is 9.76. The molecule has 60 valence electrons. The zero-order valence-corrected chi connectivity index (χ0v) is 10.1. The molecule has 4 heteroatoms. The van der Waals surface area contributed by atoms with Crippen molar-refractivity contribution in [2.75, 3.05) is 6.61 Å². The maximum Gasteiger partial charge on any atom is 0.102 e. The summed E-state index contributed by atoms with van der Waals surface area (Å²) in [6.45, 7) is 1.42. The van der Waals surface area contributed by atoms with Crippen molar-refractivity contribution in [1.29, 1.82) is 0 Å². The van der Waals surface area contributed by atoms with E-state index in [-0.39, 0.29) is 43.6 Å². The van der Waals surface area contributed by atoms with Crippen molar-refractivity contribution in [3.63, 3.8) is 0 Å². The predicted molar refractivity (Wildman–Crippen MR) is 33.8 cm³/mol. The van der Waals surface area contributed by atoms with E-state index < -0.39 is 11.7 Å². The monoisotopic (exact) mass is 379 g/mol. The summed E-state index contributed by atoms with van der Waals surface area (Å²) in [5.41, 5.74) is -0.815. The van der Waals surface area contributed by atoms with Crippen LogP contribution in [-0.4, -0.2) is 28.5 Å². The van der Waals surface area contributed by atoms with Gasteiger partial charge in [0.25, 0.3) is 0 Å². The number of fused-ring (bicyclic) bond motifs is 2. The molecular formula is C7H9O3U-. The van der Waals surface area contributed by atoms with Crippen LogP contribution in [0.4, 0.5) is 0 Å². The Labute approximate surface area is 88.8 Å². The maximum absolute atomic E-state index is 9.40. The Morgan fingerprint density at radius 2 is 2.36 bits per heavy atom. The average Bonchev–Trinajstić information content (AvgIpc) is 2.46. The summed E-state index contributed by atoms with van der Waals surface area (Å²) in [7, 11) is 0. The van der Waals surface area contributed by atoms with Gasteiger partial charge in [-0.2, -0.15) is 0 Å². The molecule has 0 radical (unpaired) electrons. The van der Waals surface area contributed by atoms with Crippen molar-refractivity contribution >= 4 is 0 Å². The fraction of sp³-hybridized carbons (Fsp3) is 0.571. The smallest absolute Gasteiger partial charge is 0.102 e. The van der Waals surface area contributed by atoms with Gasteiger partial charge in [-0.15, -0.1) is 6.08 Å². The van der Waals surface area contributed by atoms with E-state index in [2.05, 4.69) is 0 Å². The Morgan fingerprint density at radius 1 is 1.64 bits per heavy atom. The summed E-state index contributed by atoms with van der Waals surface area (Å²) in [4.78, 5) is 0. The van der Waals surface area contributed by atoms with E-state index in [4.69, 9.17) is 9.84 Å². The third-order valence-corrected chi connectivity index (χ3v) is 2.16. The van der Waals surface area contributed by atoms with Gasteiger partial charge in [0, 0.05) is 31.1 Å². The van der Waals surface area contributed by atoms with E-state index in [1.807, 2.05) is 6.08 Å². The van der Waals surface area contributed by atoms with Crippen LogP contribution in [0.15, 0.2) is 12.2 Å². The molecule has 2 rings (SSSR count). The largest absolute Gasteiger partial charge is 0.540 e. The van der Waals surface area contributed by atoms with Crippen molar-refractivity contribution in [1.82, 2.24) is 0 Å². The molecule has 1 aliphatic heterocycles. The molecule has 0 aromatic carbocycles.